The zero-order valence-corrected chi connectivity index (χ0v) is 22.6. The fourth-order valence-electron chi connectivity index (χ4n) is 5.86. The largest absolute Gasteiger partial charge is 0.361 e. The molecule has 3 aromatic carbocycles. The SMILES string of the molecule is CC(C)CC(C(=O)NNC(=O)c1cc2ccccc2n1C)N1C(=O)c2ccccc2C1c1c[nH]c2ccccc12. The summed E-state index contributed by atoms with van der Waals surface area (Å²) in [7, 11) is 1.81. The van der Waals surface area contributed by atoms with Crippen molar-refractivity contribution in [2.75, 3.05) is 0 Å². The predicted molar refractivity (Wildman–Crippen MR) is 155 cm³/mol. The lowest BCUT2D eigenvalue weighted by molar-refractivity contribution is -0.127. The number of hydrazine groups is 1. The quantitative estimate of drug-likeness (QED) is 0.266. The van der Waals surface area contributed by atoms with Gasteiger partial charge < -0.3 is 14.5 Å². The second-order valence-electron chi connectivity index (χ2n) is 10.7. The van der Waals surface area contributed by atoms with E-state index in [0.717, 1.165) is 32.9 Å². The number of rotatable bonds is 6. The zero-order valence-electron chi connectivity index (χ0n) is 22.6. The topological polar surface area (TPSA) is 99.2 Å². The molecule has 6 rings (SSSR count). The highest BCUT2D eigenvalue weighted by atomic mass is 16.2. The number of H-pyrrole nitrogens is 1. The molecule has 202 valence electrons. The third-order valence-electron chi connectivity index (χ3n) is 7.73. The number of hydrogen-bond donors (Lipinski definition) is 3. The van der Waals surface area contributed by atoms with E-state index >= 15 is 0 Å². The van der Waals surface area contributed by atoms with Crippen molar-refractivity contribution >= 4 is 39.5 Å². The molecule has 2 unspecified atom stereocenters. The van der Waals surface area contributed by atoms with Gasteiger partial charge >= 0.3 is 0 Å². The molecule has 3 heterocycles. The standard InChI is InChI=1S/C32H31N5O3/c1-19(2)16-28(31(39)35-34-30(38)27-17-20-10-4-9-15-26(20)36(27)3)37-29(22-12-5-6-13-23(22)32(37)40)24-18-33-25-14-8-7-11-21(24)25/h4-15,17-19,28-29,33H,16H2,1-3H3,(H,34,38)(H,35,39). The molecule has 0 aliphatic carbocycles. The minimum Gasteiger partial charge on any atom is -0.361 e. The first-order chi connectivity index (χ1) is 19.3. The predicted octanol–water partition coefficient (Wildman–Crippen LogP) is 5.08. The number of aryl methyl sites for hydroxylation is 1. The maximum Gasteiger partial charge on any atom is 0.286 e. The fraction of sp³-hybridized carbons (Fsp3) is 0.219. The number of carbonyl (C=O) groups excluding carboxylic acids is 3. The first-order valence-corrected chi connectivity index (χ1v) is 13.5. The van der Waals surface area contributed by atoms with Crippen LogP contribution >= 0.6 is 0 Å². The van der Waals surface area contributed by atoms with Crippen molar-refractivity contribution < 1.29 is 14.4 Å². The zero-order chi connectivity index (χ0) is 28.0. The van der Waals surface area contributed by atoms with Gasteiger partial charge in [0.25, 0.3) is 17.7 Å². The summed E-state index contributed by atoms with van der Waals surface area (Å²) in [5, 5.41) is 1.93. The summed E-state index contributed by atoms with van der Waals surface area (Å²) in [5.41, 5.74) is 9.88. The van der Waals surface area contributed by atoms with Crippen LogP contribution in [-0.2, 0) is 11.8 Å². The van der Waals surface area contributed by atoms with Gasteiger partial charge in [-0.15, -0.1) is 0 Å². The molecule has 0 saturated heterocycles. The van der Waals surface area contributed by atoms with Gasteiger partial charge in [-0.2, -0.15) is 0 Å². The molecule has 2 aromatic heterocycles. The molecule has 0 saturated carbocycles. The maximum absolute atomic E-state index is 13.9. The number of aromatic nitrogens is 2. The van der Waals surface area contributed by atoms with E-state index in [2.05, 4.69) is 15.8 Å². The van der Waals surface area contributed by atoms with Crippen molar-refractivity contribution in [1.29, 1.82) is 0 Å². The van der Waals surface area contributed by atoms with Gasteiger partial charge in [0.15, 0.2) is 0 Å². The highest BCUT2D eigenvalue weighted by Crippen LogP contribution is 2.43. The van der Waals surface area contributed by atoms with E-state index in [1.54, 1.807) is 15.5 Å². The highest BCUT2D eigenvalue weighted by Gasteiger charge is 2.44. The second kappa shape index (κ2) is 10.0. The number of carbonyl (C=O) groups is 3. The number of nitrogens with one attached hydrogen (secondary N) is 3. The van der Waals surface area contributed by atoms with E-state index in [1.165, 1.54) is 0 Å². The van der Waals surface area contributed by atoms with Crippen molar-refractivity contribution in [3.63, 3.8) is 0 Å². The van der Waals surface area contributed by atoms with Crippen molar-refractivity contribution in [2.24, 2.45) is 13.0 Å². The molecular formula is C32H31N5O3. The van der Waals surface area contributed by atoms with Crippen LogP contribution in [0.5, 0.6) is 0 Å². The lowest BCUT2D eigenvalue weighted by Gasteiger charge is -2.33. The van der Waals surface area contributed by atoms with Gasteiger partial charge in [0, 0.05) is 46.2 Å². The monoisotopic (exact) mass is 533 g/mol. The smallest absolute Gasteiger partial charge is 0.286 e. The normalized spacial score (nSPS) is 15.6. The molecule has 0 bridgehead atoms. The van der Waals surface area contributed by atoms with E-state index in [4.69, 9.17) is 0 Å². The number of amides is 3. The molecule has 8 heteroatoms. The lowest BCUT2D eigenvalue weighted by Crippen LogP contribution is -2.54. The van der Waals surface area contributed by atoms with Gasteiger partial charge in [0.2, 0.25) is 0 Å². The van der Waals surface area contributed by atoms with Crippen LogP contribution in [0, 0.1) is 5.92 Å². The molecule has 0 spiro atoms. The lowest BCUT2D eigenvalue weighted by atomic mass is 9.95. The van der Waals surface area contributed by atoms with E-state index in [-0.39, 0.29) is 11.8 Å². The Hall–Kier alpha value is -4.85. The Kier molecular flexibility index (Phi) is 6.38. The van der Waals surface area contributed by atoms with Crippen molar-refractivity contribution in [2.45, 2.75) is 32.4 Å². The average molecular weight is 534 g/mol. The van der Waals surface area contributed by atoms with Crippen LogP contribution < -0.4 is 10.9 Å². The Bertz CT molecular complexity index is 1760. The molecule has 40 heavy (non-hydrogen) atoms. The number of aromatic amines is 1. The highest BCUT2D eigenvalue weighted by molar-refractivity contribution is 6.04. The first-order valence-electron chi connectivity index (χ1n) is 13.5. The van der Waals surface area contributed by atoms with Crippen molar-refractivity contribution in [3.05, 3.63) is 107 Å². The molecule has 8 nitrogen and oxygen atoms in total. The van der Waals surface area contributed by atoms with Crippen LogP contribution in [0.1, 0.15) is 58.3 Å². The molecular weight excluding hydrogens is 502 g/mol. The van der Waals surface area contributed by atoms with E-state index in [1.807, 2.05) is 99.9 Å². The molecule has 0 radical (unpaired) electrons. The van der Waals surface area contributed by atoms with Crippen LogP contribution in [0.15, 0.2) is 85.1 Å². The minimum absolute atomic E-state index is 0.116. The summed E-state index contributed by atoms with van der Waals surface area (Å²) in [4.78, 5) is 45.8. The summed E-state index contributed by atoms with van der Waals surface area (Å²) >= 11 is 0. The first kappa shape index (κ1) is 25.4. The van der Waals surface area contributed by atoms with Gasteiger partial charge in [0.05, 0.1) is 6.04 Å². The summed E-state index contributed by atoms with van der Waals surface area (Å²) in [6.07, 6.45) is 2.35. The van der Waals surface area contributed by atoms with Crippen molar-refractivity contribution in [3.8, 4) is 0 Å². The molecule has 2 atom stereocenters. The number of nitrogens with zero attached hydrogens (tertiary/aromatic N) is 2. The van der Waals surface area contributed by atoms with Crippen LogP contribution in [0.3, 0.4) is 0 Å². The second-order valence-corrected chi connectivity index (χ2v) is 10.7. The van der Waals surface area contributed by atoms with E-state index in [0.29, 0.717) is 17.7 Å². The Morgan fingerprint density at radius 3 is 2.45 bits per heavy atom. The summed E-state index contributed by atoms with van der Waals surface area (Å²) in [6, 6.07) is 23.7. The molecule has 1 aliphatic rings. The number of benzene rings is 3. The molecule has 5 aromatic rings. The van der Waals surface area contributed by atoms with Gasteiger partial charge in [-0.05, 0) is 42.2 Å². The molecule has 3 N–H and O–H groups in total. The van der Waals surface area contributed by atoms with Crippen LogP contribution in [0.25, 0.3) is 21.8 Å². The van der Waals surface area contributed by atoms with Crippen LogP contribution in [-0.4, -0.2) is 38.2 Å². The number of fused-ring (bicyclic) bond motifs is 3. The third kappa shape index (κ3) is 4.22. The molecule has 1 aliphatic heterocycles. The Morgan fingerprint density at radius 1 is 0.925 bits per heavy atom. The van der Waals surface area contributed by atoms with Crippen molar-refractivity contribution in [1.82, 2.24) is 25.3 Å². The van der Waals surface area contributed by atoms with E-state index in [9.17, 15) is 14.4 Å². The molecule has 0 fully saturated rings. The summed E-state index contributed by atoms with van der Waals surface area (Å²) < 4.78 is 1.79. The minimum atomic E-state index is -0.814. The third-order valence-corrected chi connectivity index (χ3v) is 7.73. The number of para-hydroxylation sites is 2. The maximum atomic E-state index is 13.9. The number of hydrogen-bond acceptors (Lipinski definition) is 3. The van der Waals surface area contributed by atoms with Gasteiger partial charge in [-0.1, -0.05) is 68.4 Å². The van der Waals surface area contributed by atoms with E-state index < -0.39 is 23.9 Å². The van der Waals surface area contributed by atoms with Gasteiger partial charge in [0.1, 0.15) is 11.7 Å². The fourth-order valence-corrected chi connectivity index (χ4v) is 5.86. The Labute approximate surface area is 231 Å². The van der Waals surface area contributed by atoms with Gasteiger partial charge in [-0.3, -0.25) is 25.2 Å². The van der Waals surface area contributed by atoms with Crippen LogP contribution in [0.4, 0.5) is 0 Å². The Balaban J connectivity index is 1.33. The van der Waals surface area contributed by atoms with Crippen LogP contribution in [0.2, 0.25) is 0 Å². The summed E-state index contributed by atoms with van der Waals surface area (Å²) in [6.45, 7) is 4.03. The molecule has 3 amide bonds. The summed E-state index contributed by atoms with van der Waals surface area (Å²) in [5.74, 6) is -0.956. The average Bonchev–Trinajstić information content (AvgIpc) is 3.62. The Morgan fingerprint density at radius 2 is 1.65 bits per heavy atom. The van der Waals surface area contributed by atoms with Gasteiger partial charge in [-0.25, -0.2) is 0 Å².